The van der Waals surface area contributed by atoms with Gasteiger partial charge in [0.2, 0.25) is 0 Å². The molecule has 1 rings (SSSR count). The number of carboxylic acids is 1. The minimum absolute atomic E-state index is 0.386. The molecule has 0 aliphatic rings. The maximum Gasteiger partial charge on any atom is 0.412 e. The number of hydrogen-bond donors (Lipinski definition) is 2. The summed E-state index contributed by atoms with van der Waals surface area (Å²) in [7, 11) is 0. The minimum atomic E-state index is -0.998. The molecule has 1 aromatic heterocycles. The van der Waals surface area contributed by atoms with Gasteiger partial charge in [-0.2, -0.15) is 5.10 Å². The van der Waals surface area contributed by atoms with Crippen LogP contribution in [0.1, 0.15) is 33.7 Å². The van der Waals surface area contributed by atoms with Crippen LogP contribution in [0.4, 0.5) is 10.5 Å². The molecule has 1 atom stereocenters. The van der Waals surface area contributed by atoms with E-state index in [1.165, 1.54) is 24.0 Å². The van der Waals surface area contributed by atoms with E-state index in [0.717, 1.165) is 0 Å². The normalized spacial score (nSPS) is 12.9. The first-order valence-electron chi connectivity index (χ1n) is 5.46. The van der Waals surface area contributed by atoms with Crippen LogP contribution in [0.3, 0.4) is 0 Å². The summed E-state index contributed by atoms with van der Waals surface area (Å²) in [4.78, 5) is 22.2. The third-order valence-corrected chi connectivity index (χ3v) is 2.00. The Bertz CT molecular complexity index is 447. The van der Waals surface area contributed by atoms with Gasteiger partial charge in [-0.15, -0.1) is 0 Å². The Hall–Kier alpha value is -2.05. The smallest absolute Gasteiger partial charge is 0.412 e. The van der Waals surface area contributed by atoms with Crippen LogP contribution < -0.4 is 5.32 Å². The van der Waals surface area contributed by atoms with Gasteiger partial charge in [0, 0.05) is 6.20 Å². The Morgan fingerprint density at radius 1 is 1.50 bits per heavy atom. The Balaban J connectivity index is 2.65. The molecule has 1 unspecified atom stereocenters. The SMILES string of the molecule is CC(C(=O)O)n1cc(NC(=O)OC(C)(C)C)cn1. The van der Waals surface area contributed by atoms with Crippen molar-refractivity contribution in [2.75, 3.05) is 5.32 Å². The quantitative estimate of drug-likeness (QED) is 0.860. The van der Waals surface area contributed by atoms with Gasteiger partial charge < -0.3 is 9.84 Å². The first kappa shape index (κ1) is 14.0. The van der Waals surface area contributed by atoms with Gasteiger partial charge >= 0.3 is 12.1 Å². The molecule has 7 nitrogen and oxygen atoms in total. The van der Waals surface area contributed by atoms with Crippen molar-refractivity contribution < 1.29 is 19.4 Å². The van der Waals surface area contributed by atoms with E-state index in [-0.39, 0.29) is 0 Å². The van der Waals surface area contributed by atoms with Gasteiger partial charge in [-0.1, -0.05) is 0 Å². The lowest BCUT2D eigenvalue weighted by atomic mass is 10.2. The summed E-state index contributed by atoms with van der Waals surface area (Å²) in [6, 6.07) is -0.792. The van der Waals surface area contributed by atoms with Crippen molar-refractivity contribution in [3.05, 3.63) is 12.4 Å². The molecule has 0 bridgehead atoms. The largest absolute Gasteiger partial charge is 0.480 e. The highest BCUT2D eigenvalue weighted by Gasteiger charge is 2.18. The van der Waals surface area contributed by atoms with Gasteiger partial charge in [0.05, 0.1) is 11.9 Å². The molecule has 0 saturated heterocycles. The van der Waals surface area contributed by atoms with Crippen LogP contribution in [0.15, 0.2) is 12.4 Å². The maximum absolute atomic E-state index is 11.5. The second kappa shape index (κ2) is 5.07. The topological polar surface area (TPSA) is 93.5 Å². The zero-order chi connectivity index (χ0) is 13.9. The molecule has 0 aliphatic heterocycles. The minimum Gasteiger partial charge on any atom is -0.480 e. The lowest BCUT2D eigenvalue weighted by Gasteiger charge is -2.19. The molecule has 1 aromatic rings. The van der Waals surface area contributed by atoms with Gasteiger partial charge in [-0.25, -0.2) is 9.59 Å². The number of ether oxygens (including phenoxy) is 1. The molecule has 0 fully saturated rings. The molecular formula is C11H17N3O4. The fraction of sp³-hybridized carbons (Fsp3) is 0.545. The summed E-state index contributed by atoms with van der Waals surface area (Å²) in [6.45, 7) is 6.75. The van der Waals surface area contributed by atoms with E-state index in [0.29, 0.717) is 5.69 Å². The number of aliphatic carboxylic acids is 1. The molecule has 0 aliphatic carbocycles. The van der Waals surface area contributed by atoms with Crippen molar-refractivity contribution in [1.82, 2.24) is 9.78 Å². The van der Waals surface area contributed by atoms with Gasteiger partial charge in [0.1, 0.15) is 11.6 Å². The fourth-order valence-corrected chi connectivity index (χ4v) is 1.15. The van der Waals surface area contributed by atoms with Gasteiger partial charge in [0.15, 0.2) is 0 Å². The fourth-order valence-electron chi connectivity index (χ4n) is 1.15. The van der Waals surface area contributed by atoms with E-state index in [1.54, 1.807) is 20.8 Å². The Morgan fingerprint density at radius 2 is 2.11 bits per heavy atom. The van der Waals surface area contributed by atoms with Crippen LogP contribution in [0.5, 0.6) is 0 Å². The van der Waals surface area contributed by atoms with E-state index < -0.39 is 23.7 Å². The zero-order valence-corrected chi connectivity index (χ0v) is 10.8. The van der Waals surface area contributed by atoms with Crippen LogP contribution in [-0.4, -0.2) is 32.6 Å². The van der Waals surface area contributed by atoms with E-state index in [2.05, 4.69) is 10.4 Å². The standard InChI is InChI=1S/C11H17N3O4/c1-7(9(15)16)14-6-8(5-12-14)13-10(17)18-11(2,3)4/h5-7H,1-4H3,(H,13,17)(H,15,16). The lowest BCUT2D eigenvalue weighted by molar-refractivity contribution is -0.140. The Kier molecular flexibility index (Phi) is 3.95. The molecule has 1 heterocycles. The molecule has 2 N–H and O–H groups in total. The van der Waals surface area contributed by atoms with Crippen molar-refractivity contribution in [2.24, 2.45) is 0 Å². The second-order valence-electron chi connectivity index (χ2n) is 4.85. The number of anilines is 1. The average Bonchev–Trinajstić information content (AvgIpc) is 2.61. The van der Waals surface area contributed by atoms with Gasteiger partial charge in [-0.3, -0.25) is 10.00 Å². The molecule has 0 radical (unpaired) electrons. The number of nitrogens with zero attached hydrogens (tertiary/aromatic N) is 2. The molecule has 0 aromatic carbocycles. The average molecular weight is 255 g/mol. The molecule has 1 amide bonds. The number of aromatic nitrogens is 2. The highest BCUT2D eigenvalue weighted by atomic mass is 16.6. The van der Waals surface area contributed by atoms with E-state index in [1.807, 2.05) is 0 Å². The Morgan fingerprint density at radius 3 is 2.61 bits per heavy atom. The van der Waals surface area contributed by atoms with Gasteiger partial charge in [-0.05, 0) is 27.7 Å². The third-order valence-electron chi connectivity index (χ3n) is 2.00. The number of carbonyl (C=O) groups is 2. The maximum atomic E-state index is 11.5. The first-order chi connectivity index (χ1) is 8.19. The summed E-state index contributed by atoms with van der Waals surface area (Å²) in [5.74, 6) is -0.998. The van der Waals surface area contributed by atoms with Crippen molar-refractivity contribution >= 4 is 17.7 Å². The second-order valence-corrected chi connectivity index (χ2v) is 4.85. The van der Waals surface area contributed by atoms with E-state index in [9.17, 15) is 9.59 Å². The highest BCUT2D eigenvalue weighted by Crippen LogP contribution is 2.13. The monoisotopic (exact) mass is 255 g/mol. The van der Waals surface area contributed by atoms with Crippen molar-refractivity contribution in [1.29, 1.82) is 0 Å². The Labute approximate surface area is 105 Å². The van der Waals surface area contributed by atoms with Crippen LogP contribution in [-0.2, 0) is 9.53 Å². The van der Waals surface area contributed by atoms with Crippen LogP contribution in [0.2, 0.25) is 0 Å². The van der Waals surface area contributed by atoms with Crippen molar-refractivity contribution in [3.8, 4) is 0 Å². The summed E-state index contributed by atoms with van der Waals surface area (Å²) >= 11 is 0. The van der Waals surface area contributed by atoms with Gasteiger partial charge in [0.25, 0.3) is 0 Å². The predicted octanol–water partition coefficient (Wildman–Crippen LogP) is 1.88. The number of carbonyl (C=O) groups excluding carboxylic acids is 1. The predicted molar refractivity (Wildman–Crippen MR) is 64.4 cm³/mol. The lowest BCUT2D eigenvalue weighted by Crippen LogP contribution is -2.27. The van der Waals surface area contributed by atoms with Crippen LogP contribution in [0.25, 0.3) is 0 Å². The van der Waals surface area contributed by atoms with Crippen molar-refractivity contribution in [2.45, 2.75) is 39.3 Å². The summed E-state index contributed by atoms with van der Waals surface area (Å²) in [6.07, 6.45) is 2.19. The molecule has 0 spiro atoms. The zero-order valence-electron chi connectivity index (χ0n) is 10.8. The number of hydrogen-bond acceptors (Lipinski definition) is 4. The summed E-state index contributed by atoms with van der Waals surface area (Å²) in [5.41, 5.74) is -0.202. The van der Waals surface area contributed by atoms with Crippen LogP contribution >= 0.6 is 0 Å². The molecule has 7 heteroatoms. The molecular weight excluding hydrogens is 238 g/mol. The van der Waals surface area contributed by atoms with Crippen molar-refractivity contribution in [3.63, 3.8) is 0 Å². The number of carboxylic acid groups (broad SMARTS) is 1. The number of amides is 1. The highest BCUT2D eigenvalue weighted by molar-refractivity contribution is 5.84. The summed E-state index contributed by atoms with van der Waals surface area (Å²) < 4.78 is 6.30. The van der Waals surface area contributed by atoms with Crippen LogP contribution in [0, 0.1) is 0 Å². The number of nitrogens with one attached hydrogen (secondary N) is 1. The molecule has 18 heavy (non-hydrogen) atoms. The first-order valence-corrected chi connectivity index (χ1v) is 5.46. The molecule has 100 valence electrons. The van der Waals surface area contributed by atoms with E-state index >= 15 is 0 Å². The van der Waals surface area contributed by atoms with E-state index in [4.69, 9.17) is 9.84 Å². The number of rotatable bonds is 3. The third kappa shape index (κ3) is 4.08. The summed E-state index contributed by atoms with van der Waals surface area (Å²) in [5, 5.41) is 15.1. The molecule has 0 saturated carbocycles.